The molecule has 1 atom stereocenters. The van der Waals surface area contributed by atoms with E-state index in [2.05, 4.69) is 24.8 Å². The van der Waals surface area contributed by atoms with Crippen LogP contribution in [0, 0.1) is 0 Å². The van der Waals surface area contributed by atoms with Crippen LogP contribution in [0.3, 0.4) is 0 Å². The Bertz CT molecular complexity index is 941. The molecule has 160 valence electrons. The molecule has 0 radical (unpaired) electrons. The van der Waals surface area contributed by atoms with Crippen molar-refractivity contribution in [1.82, 2.24) is 19.9 Å². The zero-order valence-electron chi connectivity index (χ0n) is 16.7. The predicted octanol–water partition coefficient (Wildman–Crippen LogP) is 2.15. The van der Waals surface area contributed by atoms with Crippen LogP contribution in [0.1, 0.15) is 43.8 Å². The Hall–Kier alpha value is -1.84. The van der Waals surface area contributed by atoms with Gasteiger partial charge < -0.3 is 14.9 Å². The Balaban J connectivity index is 1.36. The monoisotopic (exact) mass is 448 g/mol. The van der Waals surface area contributed by atoms with Gasteiger partial charge in [-0.05, 0) is 32.1 Å². The van der Waals surface area contributed by atoms with E-state index in [0.717, 1.165) is 56.8 Å². The van der Waals surface area contributed by atoms with Crippen molar-refractivity contribution in [2.24, 2.45) is 0 Å². The van der Waals surface area contributed by atoms with Gasteiger partial charge in [-0.1, -0.05) is 11.6 Å². The van der Waals surface area contributed by atoms with Crippen molar-refractivity contribution in [3.05, 3.63) is 29.4 Å². The van der Waals surface area contributed by atoms with Crippen LogP contribution in [0.5, 0.6) is 0 Å². The summed E-state index contributed by atoms with van der Waals surface area (Å²) < 4.78 is 12.6. The maximum Gasteiger partial charge on any atom is 0.227 e. The molecule has 1 saturated carbocycles. The highest BCUT2D eigenvalue weighted by Crippen LogP contribution is 2.43. The first-order chi connectivity index (χ1) is 14.6. The van der Waals surface area contributed by atoms with Gasteiger partial charge in [-0.15, -0.1) is 0 Å². The van der Waals surface area contributed by atoms with E-state index in [0.29, 0.717) is 34.1 Å². The number of aromatic nitrogens is 4. The molecule has 1 saturated heterocycles. The van der Waals surface area contributed by atoms with Crippen LogP contribution in [0.15, 0.2) is 23.5 Å². The summed E-state index contributed by atoms with van der Waals surface area (Å²) in [6.07, 6.45) is 9.84. The first-order valence-corrected chi connectivity index (χ1v) is 12.2. The predicted molar refractivity (Wildman–Crippen MR) is 116 cm³/mol. The van der Waals surface area contributed by atoms with Crippen molar-refractivity contribution in [3.63, 3.8) is 0 Å². The van der Waals surface area contributed by atoms with Gasteiger partial charge in [0.2, 0.25) is 5.95 Å². The van der Waals surface area contributed by atoms with Crippen molar-refractivity contribution in [2.45, 2.75) is 48.5 Å². The summed E-state index contributed by atoms with van der Waals surface area (Å²) in [6, 6.07) is 0. The Morgan fingerprint density at radius 1 is 1.13 bits per heavy atom. The van der Waals surface area contributed by atoms with Crippen LogP contribution in [0.2, 0.25) is 5.02 Å². The molecule has 0 bridgehead atoms. The molecule has 0 aromatic carbocycles. The molecule has 0 amide bonds. The van der Waals surface area contributed by atoms with Gasteiger partial charge in [0.05, 0.1) is 39.1 Å². The van der Waals surface area contributed by atoms with Gasteiger partial charge in [0.25, 0.3) is 0 Å². The smallest absolute Gasteiger partial charge is 0.227 e. The lowest BCUT2D eigenvalue weighted by molar-refractivity contribution is 0.115. The van der Waals surface area contributed by atoms with Crippen molar-refractivity contribution < 1.29 is 9.32 Å². The van der Waals surface area contributed by atoms with Crippen LogP contribution < -0.4 is 9.80 Å². The van der Waals surface area contributed by atoms with E-state index in [1.54, 1.807) is 18.6 Å². The number of aliphatic hydroxyl groups is 1. The van der Waals surface area contributed by atoms with Crippen LogP contribution >= 0.6 is 11.6 Å². The number of nitrogens with zero attached hydrogens (tertiary/aromatic N) is 6. The van der Waals surface area contributed by atoms with Gasteiger partial charge in [-0.2, -0.15) is 4.98 Å². The van der Waals surface area contributed by atoms with E-state index < -0.39 is 10.8 Å². The van der Waals surface area contributed by atoms with Crippen molar-refractivity contribution in [2.75, 3.05) is 41.8 Å². The molecule has 10 heteroatoms. The quantitative estimate of drug-likeness (QED) is 0.760. The second kappa shape index (κ2) is 8.01. The highest BCUT2D eigenvalue weighted by atomic mass is 35.5. The second-order valence-corrected chi connectivity index (χ2v) is 10.3. The first kappa shape index (κ1) is 20.1. The zero-order valence-corrected chi connectivity index (χ0v) is 18.3. The molecule has 4 heterocycles. The lowest BCUT2D eigenvalue weighted by atomic mass is 9.76. The van der Waals surface area contributed by atoms with Crippen molar-refractivity contribution in [1.29, 1.82) is 0 Å². The van der Waals surface area contributed by atoms with E-state index >= 15 is 0 Å². The lowest BCUT2D eigenvalue weighted by Gasteiger charge is -2.51. The molecule has 5 rings (SSSR count). The van der Waals surface area contributed by atoms with Crippen LogP contribution in [-0.4, -0.2) is 66.8 Å². The molecule has 30 heavy (non-hydrogen) atoms. The molecule has 3 aliphatic rings. The molecule has 8 nitrogen and oxygen atoms in total. The minimum Gasteiger partial charge on any atom is -0.394 e. The molecular weight excluding hydrogens is 424 g/mol. The Labute approximate surface area is 183 Å². The summed E-state index contributed by atoms with van der Waals surface area (Å²) in [6.45, 7) is 2.38. The highest BCUT2D eigenvalue weighted by molar-refractivity contribution is 7.85. The Kier molecular flexibility index (Phi) is 5.37. The fourth-order valence-electron chi connectivity index (χ4n) is 4.68. The van der Waals surface area contributed by atoms with Crippen molar-refractivity contribution >= 4 is 34.2 Å². The lowest BCUT2D eigenvalue weighted by Crippen LogP contribution is -2.59. The fourth-order valence-corrected chi connectivity index (χ4v) is 5.88. The number of hydrogen-bond acceptors (Lipinski definition) is 8. The summed E-state index contributed by atoms with van der Waals surface area (Å²) in [7, 11) is -1.09. The molecule has 2 aromatic heterocycles. The molecule has 0 unspecified atom stereocenters. The second-order valence-electron chi connectivity index (χ2n) is 8.32. The highest BCUT2D eigenvalue weighted by Gasteiger charge is 2.45. The standard InChI is InChI=1S/C20H25ClN6O2S/c21-15-10-22-17(23-11-15)14-2-6-26(7-3-14)19-24-12-16-18(25-19)27(8-9-30(16)29)20(13-28)4-1-5-20/h10-12,14,28H,1-9,13H2/t30-/m0/s1. The van der Waals surface area contributed by atoms with Crippen LogP contribution in [-0.2, 0) is 10.8 Å². The molecule has 1 aliphatic carbocycles. The molecule has 2 aliphatic heterocycles. The summed E-state index contributed by atoms with van der Waals surface area (Å²) in [5.41, 5.74) is -0.260. The number of hydrogen-bond donors (Lipinski definition) is 1. The van der Waals surface area contributed by atoms with E-state index in [4.69, 9.17) is 16.6 Å². The minimum atomic E-state index is -1.09. The third-order valence-electron chi connectivity index (χ3n) is 6.66. The molecule has 2 fully saturated rings. The van der Waals surface area contributed by atoms with Gasteiger partial charge in [-0.25, -0.2) is 15.0 Å². The molecule has 2 aromatic rings. The summed E-state index contributed by atoms with van der Waals surface area (Å²) in [4.78, 5) is 23.2. The van der Waals surface area contributed by atoms with Gasteiger partial charge in [0, 0.05) is 43.7 Å². The molecule has 1 N–H and O–H groups in total. The minimum absolute atomic E-state index is 0.102. The average Bonchev–Trinajstić information content (AvgIpc) is 2.75. The number of piperidine rings is 1. The molecular formula is C20H25ClN6O2S. The maximum absolute atomic E-state index is 12.6. The number of rotatable bonds is 4. The largest absolute Gasteiger partial charge is 0.394 e. The van der Waals surface area contributed by atoms with Crippen LogP contribution in [0.25, 0.3) is 0 Å². The van der Waals surface area contributed by atoms with Gasteiger partial charge in [0.1, 0.15) is 5.82 Å². The number of aliphatic hydroxyl groups excluding tert-OH is 1. The Morgan fingerprint density at radius 2 is 1.87 bits per heavy atom. The zero-order chi connectivity index (χ0) is 20.7. The summed E-state index contributed by atoms with van der Waals surface area (Å²) >= 11 is 5.90. The fraction of sp³-hybridized carbons (Fsp3) is 0.600. The maximum atomic E-state index is 12.6. The van der Waals surface area contributed by atoms with E-state index in [-0.39, 0.29) is 12.1 Å². The SMILES string of the molecule is O=[S@]1CCN(C2(CO)CCC2)c2nc(N3CCC(c4ncc(Cl)cn4)CC3)ncc21. The van der Waals surface area contributed by atoms with Gasteiger partial charge >= 0.3 is 0 Å². The number of fused-ring (bicyclic) bond motifs is 1. The normalized spacial score (nSPS) is 23.7. The summed E-state index contributed by atoms with van der Waals surface area (Å²) in [5, 5.41) is 10.6. The topological polar surface area (TPSA) is 95.3 Å². The van der Waals surface area contributed by atoms with Crippen LogP contribution in [0.4, 0.5) is 11.8 Å². The van der Waals surface area contributed by atoms with E-state index in [1.165, 1.54) is 0 Å². The molecule has 0 spiro atoms. The third kappa shape index (κ3) is 3.46. The number of anilines is 2. The van der Waals surface area contributed by atoms with E-state index in [1.807, 2.05) is 0 Å². The Morgan fingerprint density at radius 3 is 2.50 bits per heavy atom. The van der Waals surface area contributed by atoms with Gasteiger partial charge in [0.15, 0.2) is 5.82 Å². The van der Waals surface area contributed by atoms with Gasteiger partial charge in [-0.3, -0.25) is 4.21 Å². The van der Waals surface area contributed by atoms with E-state index in [9.17, 15) is 9.32 Å². The number of halogens is 1. The average molecular weight is 449 g/mol. The summed E-state index contributed by atoms with van der Waals surface area (Å²) in [5.74, 6) is 3.10. The first-order valence-electron chi connectivity index (χ1n) is 10.5. The third-order valence-corrected chi connectivity index (χ3v) is 8.19. The van der Waals surface area contributed by atoms with Crippen molar-refractivity contribution in [3.8, 4) is 0 Å².